The van der Waals surface area contributed by atoms with Crippen LogP contribution in [0, 0.1) is 85.8 Å². The minimum atomic E-state index is -0.531. The molecule has 12 bridgehead atoms. The fourth-order valence-electron chi connectivity index (χ4n) is 18.1. The lowest BCUT2D eigenvalue weighted by molar-refractivity contribution is -0.153. The molecule has 12 rings (SSSR count). The Morgan fingerprint density at radius 3 is 1.73 bits per heavy atom. The summed E-state index contributed by atoms with van der Waals surface area (Å²) in [6.45, 7) is 34.0. The Morgan fingerprint density at radius 1 is 0.600 bits per heavy atom. The third-order valence-electron chi connectivity index (χ3n) is 23.1. The molecule has 9 fully saturated rings. The van der Waals surface area contributed by atoms with E-state index in [-0.39, 0.29) is 30.1 Å². The van der Waals surface area contributed by atoms with Gasteiger partial charge in [0.15, 0.2) is 0 Å². The molecule has 12 aliphatic rings. The number of esters is 3. The molecule has 0 saturated heterocycles. The molecular formula is C70H112O10. The van der Waals surface area contributed by atoms with Crippen molar-refractivity contribution in [1.82, 2.24) is 0 Å². The molecule has 452 valence electrons. The van der Waals surface area contributed by atoms with E-state index in [1.807, 2.05) is 6.08 Å². The van der Waals surface area contributed by atoms with Gasteiger partial charge >= 0.3 is 24.1 Å². The molecule has 0 radical (unpaired) electrons. The summed E-state index contributed by atoms with van der Waals surface area (Å²) in [7, 11) is 1.37. The molecule has 0 aromatic heterocycles. The van der Waals surface area contributed by atoms with Gasteiger partial charge in [0.25, 0.3) is 0 Å². The van der Waals surface area contributed by atoms with E-state index < -0.39 is 6.16 Å². The third-order valence-corrected chi connectivity index (χ3v) is 23.1. The highest BCUT2D eigenvalue weighted by Crippen LogP contribution is 2.57. The van der Waals surface area contributed by atoms with Crippen molar-refractivity contribution >= 4 is 24.1 Å². The van der Waals surface area contributed by atoms with E-state index in [1.54, 1.807) is 5.57 Å². The maximum Gasteiger partial charge on any atom is 0.508 e. The molecule has 12 aliphatic carbocycles. The minimum Gasteiger partial charge on any atom is -0.462 e. The van der Waals surface area contributed by atoms with E-state index in [0.29, 0.717) is 62.3 Å². The largest absolute Gasteiger partial charge is 0.508 e. The number of allylic oxidation sites excluding steroid dienone is 6. The van der Waals surface area contributed by atoms with Crippen molar-refractivity contribution < 1.29 is 47.6 Å². The van der Waals surface area contributed by atoms with Crippen LogP contribution in [0.5, 0.6) is 0 Å². The lowest BCUT2D eigenvalue weighted by Gasteiger charge is -2.38. The topological polar surface area (TPSA) is 124 Å². The zero-order chi connectivity index (χ0) is 58.6. The SMILES string of the molecule is C=CCOC1CC2CCC(C)(C2)C1.CC(=O)OC1=C(C)C2CCC(C)(C1)C2.CC(=O)OC1=CC2(C)CCC(C2)C1C.CC(=O)OC1CC2(C)CCC(C2)C1C.CC1=CCC2(C)CCC1C2.COC(=O)OC1CC2(C)CCC(C2)C1C. The number of hydrogen-bond donors (Lipinski definition) is 0. The van der Waals surface area contributed by atoms with Crippen LogP contribution in [-0.2, 0) is 42.8 Å². The Balaban J connectivity index is 0.000000139. The average Bonchev–Trinajstić information content (AvgIpc) is 4.32. The quantitative estimate of drug-likeness (QED) is 0.138. The first-order valence-electron chi connectivity index (χ1n) is 32.1. The van der Waals surface area contributed by atoms with Crippen molar-refractivity contribution in [2.24, 2.45) is 85.8 Å². The standard InChI is InChI=1S/C12H20O3.C12H20O2.2C12H18O2.C12H20O.C10H16/c1-8-9-4-5-12(2,6-9)7-10(8)15-11(13)14-3;3*1-8-10-4-5-12(3,6-10)7-11(8)14-9(2)13;1-3-6-13-11-7-10-4-5-12(2,8-10)9-11;1-8-3-5-10(2)6-4-9(8)7-10/h8-10H,4-7H2,1-3H3;8,10-11H,4-7H2,1-3H3;10H,4-7H2,1-3H3;7-8,10H,4-6H2,1-3H3;3,10-11H,1,4-9H2,2H3;3,9H,4-7H2,1-2H3. The van der Waals surface area contributed by atoms with Gasteiger partial charge in [0.1, 0.15) is 23.7 Å². The molecule has 0 aliphatic heterocycles. The molecule has 10 nitrogen and oxygen atoms in total. The molecule has 0 aromatic carbocycles. The molecule has 0 spiro atoms. The zero-order valence-electron chi connectivity index (χ0n) is 53.1. The van der Waals surface area contributed by atoms with Gasteiger partial charge in [0.2, 0.25) is 0 Å². The molecule has 0 aromatic rings. The van der Waals surface area contributed by atoms with Crippen molar-refractivity contribution in [2.75, 3.05) is 13.7 Å². The van der Waals surface area contributed by atoms with Crippen LogP contribution in [0.1, 0.15) is 251 Å². The van der Waals surface area contributed by atoms with Crippen molar-refractivity contribution in [3.8, 4) is 0 Å². The fourth-order valence-corrected chi connectivity index (χ4v) is 18.1. The van der Waals surface area contributed by atoms with Gasteiger partial charge in [-0.1, -0.05) is 80.0 Å². The van der Waals surface area contributed by atoms with Crippen molar-refractivity contribution in [1.29, 1.82) is 0 Å². The predicted molar refractivity (Wildman–Crippen MR) is 319 cm³/mol. The van der Waals surface area contributed by atoms with E-state index in [9.17, 15) is 19.2 Å². The van der Waals surface area contributed by atoms with Gasteiger partial charge in [-0.05, 0) is 253 Å². The minimum absolute atomic E-state index is 0.0590. The number of fused-ring (bicyclic) bond motifs is 12. The molecule has 0 N–H and O–H groups in total. The number of carbonyl (C=O) groups is 4. The molecular weight excluding hydrogens is 1000 g/mol. The third kappa shape index (κ3) is 16.7. The van der Waals surface area contributed by atoms with Gasteiger partial charge in [0.05, 0.1) is 19.8 Å². The molecule has 0 amide bonds. The van der Waals surface area contributed by atoms with Crippen LogP contribution >= 0.6 is 0 Å². The van der Waals surface area contributed by atoms with E-state index in [4.69, 9.17) is 23.7 Å². The van der Waals surface area contributed by atoms with Gasteiger partial charge in [-0.15, -0.1) is 6.58 Å². The second-order valence-corrected chi connectivity index (χ2v) is 30.7. The van der Waals surface area contributed by atoms with E-state index in [1.165, 1.54) is 168 Å². The Morgan fingerprint density at radius 2 is 1.15 bits per heavy atom. The van der Waals surface area contributed by atoms with E-state index >= 15 is 0 Å². The molecule has 18 atom stereocenters. The number of hydrogen-bond acceptors (Lipinski definition) is 10. The predicted octanol–water partition coefficient (Wildman–Crippen LogP) is 18.0. The van der Waals surface area contributed by atoms with Crippen LogP contribution in [0.25, 0.3) is 0 Å². The number of carbonyl (C=O) groups excluding carboxylic acids is 4. The summed E-state index contributed by atoms with van der Waals surface area (Å²) in [5.74, 6) is 7.68. The highest BCUT2D eigenvalue weighted by atomic mass is 16.7. The molecule has 80 heavy (non-hydrogen) atoms. The summed E-state index contributed by atoms with van der Waals surface area (Å²) in [4.78, 5) is 44.0. The Bertz CT molecular complexity index is 2300. The summed E-state index contributed by atoms with van der Waals surface area (Å²) in [5, 5.41) is 0. The van der Waals surface area contributed by atoms with Gasteiger partial charge in [-0.3, -0.25) is 14.4 Å². The van der Waals surface area contributed by atoms with Crippen LogP contribution in [-0.4, -0.2) is 56.1 Å². The second kappa shape index (κ2) is 26.3. The van der Waals surface area contributed by atoms with Crippen molar-refractivity contribution in [3.05, 3.63) is 47.5 Å². The van der Waals surface area contributed by atoms with Crippen LogP contribution in [0.4, 0.5) is 4.79 Å². The highest BCUT2D eigenvalue weighted by molar-refractivity contribution is 5.68. The Labute approximate surface area is 485 Å². The lowest BCUT2D eigenvalue weighted by Crippen LogP contribution is -2.37. The van der Waals surface area contributed by atoms with E-state index in [0.717, 1.165) is 67.0 Å². The smallest absolute Gasteiger partial charge is 0.462 e. The van der Waals surface area contributed by atoms with Gasteiger partial charge in [-0.2, -0.15) is 0 Å². The monoisotopic (exact) mass is 1110 g/mol. The molecule has 10 heteroatoms. The maximum atomic E-state index is 11.1. The van der Waals surface area contributed by atoms with Crippen LogP contribution in [0.2, 0.25) is 0 Å². The summed E-state index contributed by atoms with van der Waals surface area (Å²) < 4.78 is 31.6. The van der Waals surface area contributed by atoms with Crippen LogP contribution < -0.4 is 0 Å². The first kappa shape index (κ1) is 64.2. The molecule has 9 saturated carbocycles. The molecule has 0 heterocycles. The first-order chi connectivity index (χ1) is 37.5. The van der Waals surface area contributed by atoms with Crippen LogP contribution in [0.3, 0.4) is 0 Å². The van der Waals surface area contributed by atoms with E-state index in [2.05, 4.69) is 99.6 Å². The average molecular weight is 1110 g/mol. The lowest BCUT2D eigenvalue weighted by atomic mass is 9.71. The maximum absolute atomic E-state index is 11.1. The number of methoxy groups -OCH3 is 1. The molecule has 18 unspecified atom stereocenters. The summed E-state index contributed by atoms with van der Waals surface area (Å²) in [6.07, 6.45) is 37.8. The number of rotatable bonds is 7. The Kier molecular flexibility index (Phi) is 21.1. The second-order valence-electron chi connectivity index (χ2n) is 30.7. The number of ether oxygens (including phenoxy) is 6. The summed E-state index contributed by atoms with van der Waals surface area (Å²) >= 11 is 0. The summed E-state index contributed by atoms with van der Waals surface area (Å²) in [5.41, 5.74) is 5.83. The highest BCUT2D eigenvalue weighted by Gasteiger charge is 2.50. The Hall–Kier alpha value is -3.40. The van der Waals surface area contributed by atoms with Crippen molar-refractivity contribution in [3.63, 3.8) is 0 Å². The summed E-state index contributed by atoms with van der Waals surface area (Å²) in [6, 6.07) is 0. The normalized spacial score (nSPS) is 42.5. The van der Waals surface area contributed by atoms with Crippen molar-refractivity contribution in [2.45, 2.75) is 269 Å². The van der Waals surface area contributed by atoms with Crippen LogP contribution in [0.15, 0.2) is 47.5 Å². The fraction of sp³-hybridized carbons (Fsp3) is 0.829. The van der Waals surface area contributed by atoms with Gasteiger partial charge < -0.3 is 28.4 Å². The van der Waals surface area contributed by atoms with Gasteiger partial charge in [-0.25, -0.2) is 4.79 Å². The van der Waals surface area contributed by atoms with Gasteiger partial charge in [0, 0.05) is 33.1 Å². The zero-order valence-corrected chi connectivity index (χ0v) is 53.1. The first-order valence-corrected chi connectivity index (χ1v) is 32.1.